The van der Waals surface area contributed by atoms with Crippen LogP contribution in [-0.2, 0) is 0 Å². The summed E-state index contributed by atoms with van der Waals surface area (Å²) in [5.74, 6) is 1.09. The van der Waals surface area contributed by atoms with Crippen LogP contribution in [0.1, 0.15) is 35.9 Å². The van der Waals surface area contributed by atoms with E-state index in [1.54, 1.807) is 13.3 Å². The Hall–Kier alpha value is -1.90. The Morgan fingerprint density at radius 1 is 1.06 bits per heavy atom. The second-order valence-electron chi connectivity index (χ2n) is 4.67. The first-order valence-electron chi connectivity index (χ1n) is 6.30. The number of nitrogens with zero attached hydrogens (tertiary/aromatic N) is 2. The van der Waals surface area contributed by atoms with Gasteiger partial charge in [0.15, 0.2) is 0 Å². The zero-order valence-electron chi connectivity index (χ0n) is 10.4. The van der Waals surface area contributed by atoms with Crippen LogP contribution in [0.2, 0.25) is 0 Å². The van der Waals surface area contributed by atoms with E-state index in [4.69, 9.17) is 4.74 Å². The maximum atomic E-state index is 5.09. The molecule has 0 radical (unpaired) electrons. The number of hydrogen-bond acceptors (Lipinski definition) is 3. The molecule has 18 heavy (non-hydrogen) atoms. The van der Waals surface area contributed by atoms with Gasteiger partial charge >= 0.3 is 6.01 Å². The van der Waals surface area contributed by atoms with Gasteiger partial charge < -0.3 is 4.74 Å². The molecule has 0 aliphatic heterocycles. The molecule has 3 rings (SSSR count). The molecule has 3 nitrogen and oxygen atoms in total. The summed E-state index contributed by atoms with van der Waals surface area (Å²) in [7, 11) is 1.61. The van der Waals surface area contributed by atoms with Crippen molar-refractivity contribution >= 4 is 0 Å². The van der Waals surface area contributed by atoms with E-state index in [1.807, 2.05) is 6.07 Å². The quantitative estimate of drug-likeness (QED) is 0.826. The summed E-state index contributed by atoms with van der Waals surface area (Å²) in [6.45, 7) is 0. The highest BCUT2D eigenvalue weighted by Crippen LogP contribution is 2.48. The lowest BCUT2D eigenvalue weighted by atomic mass is 9.68. The smallest absolute Gasteiger partial charge is 0.316 e. The molecular formula is C15H16N2O. The third kappa shape index (κ3) is 1.96. The normalized spacial score (nSPS) is 22.3. The minimum atomic E-state index is 0.464. The van der Waals surface area contributed by atoms with E-state index in [9.17, 15) is 0 Å². The zero-order valence-corrected chi connectivity index (χ0v) is 10.4. The van der Waals surface area contributed by atoms with Gasteiger partial charge in [-0.25, -0.2) is 4.98 Å². The SMILES string of the molecule is COc1nccc([C@@H]2CC[C@@H]2c2ccccc2)n1. The molecule has 0 bridgehead atoms. The Bertz CT molecular complexity index is 527. The molecule has 1 fully saturated rings. The number of methoxy groups -OCH3 is 1. The predicted molar refractivity (Wildman–Crippen MR) is 69.7 cm³/mol. The van der Waals surface area contributed by atoms with Crippen molar-refractivity contribution in [2.75, 3.05) is 7.11 Å². The largest absolute Gasteiger partial charge is 0.467 e. The highest BCUT2D eigenvalue weighted by Gasteiger charge is 2.34. The lowest BCUT2D eigenvalue weighted by molar-refractivity contribution is 0.328. The highest BCUT2D eigenvalue weighted by atomic mass is 16.5. The molecule has 1 aliphatic carbocycles. The van der Waals surface area contributed by atoms with Crippen molar-refractivity contribution in [3.63, 3.8) is 0 Å². The van der Waals surface area contributed by atoms with Crippen molar-refractivity contribution in [2.24, 2.45) is 0 Å². The molecule has 0 unspecified atom stereocenters. The molecule has 1 aromatic carbocycles. The van der Waals surface area contributed by atoms with Crippen LogP contribution in [0.3, 0.4) is 0 Å². The van der Waals surface area contributed by atoms with Gasteiger partial charge in [0.25, 0.3) is 0 Å². The molecular weight excluding hydrogens is 224 g/mol. The van der Waals surface area contributed by atoms with Crippen LogP contribution in [0.15, 0.2) is 42.6 Å². The van der Waals surface area contributed by atoms with Crippen molar-refractivity contribution in [3.05, 3.63) is 53.9 Å². The van der Waals surface area contributed by atoms with E-state index in [-0.39, 0.29) is 0 Å². The first kappa shape index (κ1) is 11.2. The Kier molecular flexibility index (Phi) is 2.97. The van der Waals surface area contributed by atoms with Gasteiger partial charge in [0.05, 0.1) is 12.8 Å². The fraction of sp³-hybridized carbons (Fsp3) is 0.333. The first-order valence-corrected chi connectivity index (χ1v) is 6.30. The van der Waals surface area contributed by atoms with Crippen LogP contribution in [0.25, 0.3) is 0 Å². The van der Waals surface area contributed by atoms with Crippen molar-refractivity contribution in [1.82, 2.24) is 9.97 Å². The summed E-state index contributed by atoms with van der Waals surface area (Å²) in [5.41, 5.74) is 2.51. The molecule has 0 amide bonds. The van der Waals surface area contributed by atoms with Gasteiger partial charge in [-0.3, -0.25) is 0 Å². The Balaban J connectivity index is 1.85. The van der Waals surface area contributed by atoms with Gasteiger partial charge in [0.2, 0.25) is 0 Å². The minimum Gasteiger partial charge on any atom is -0.467 e. The van der Waals surface area contributed by atoms with Gasteiger partial charge in [0, 0.05) is 12.1 Å². The summed E-state index contributed by atoms with van der Waals surface area (Å²) in [6, 6.07) is 13.1. The average molecular weight is 240 g/mol. The molecule has 3 heteroatoms. The Labute approximate surface area is 107 Å². The summed E-state index contributed by atoms with van der Waals surface area (Å²) in [6.07, 6.45) is 4.21. The zero-order chi connectivity index (χ0) is 12.4. The Morgan fingerprint density at radius 2 is 1.83 bits per heavy atom. The van der Waals surface area contributed by atoms with E-state index >= 15 is 0 Å². The second-order valence-corrected chi connectivity index (χ2v) is 4.67. The summed E-state index contributed by atoms with van der Waals surface area (Å²) in [5, 5.41) is 0. The maximum Gasteiger partial charge on any atom is 0.316 e. The molecule has 92 valence electrons. The van der Waals surface area contributed by atoms with Crippen LogP contribution in [-0.4, -0.2) is 17.1 Å². The summed E-state index contributed by atoms with van der Waals surface area (Å²) < 4.78 is 5.09. The fourth-order valence-corrected chi connectivity index (χ4v) is 2.61. The van der Waals surface area contributed by atoms with Crippen LogP contribution < -0.4 is 4.74 Å². The van der Waals surface area contributed by atoms with Crippen molar-refractivity contribution in [3.8, 4) is 6.01 Å². The van der Waals surface area contributed by atoms with Gasteiger partial charge in [-0.2, -0.15) is 4.98 Å². The predicted octanol–water partition coefficient (Wildman–Crippen LogP) is 3.15. The minimum absolute atomic E-state index is 0.464. The molecule has 1 aliphatic rings. The topological polar surface area (TPSA) is 35.0 Å². The van der Waals surface area contributed by atoms with Crippen molar-refractivity contribution in [1.29, 1.82) is 0 Å². The lowest BCUT2D eigenvalue weighted by Gasteiger charge is -2.36. The molecule has 1 saturated carbocycles. The van der Waals surface area contributed by atoms with E-state index in [0.717, 1.165) is 5.69 Å². The number of hydrogen-bond donors (Lipinski definition) is 0. The first-order chi connectivity index (χ1) is 8.88. The van der Waals surface area contributed by atoms with Crippen LogP contribution in [0.4, 0.5) is 0 Å². The lowest BCUT2D eigenvalue weighted by Crippen LogP contribution is -2.22. The molecule has 1 heterocycles. The number of ether oxygens (including phenoxy) is 1. The second kappa shape index (κ2) is 4.77. The van der Waals surface area contributed by atoms with E-state index in [1.165, 1.54) is 18.4 Å². The van der Waals surface area contributed by atoms with Gasteiger partial charge in [-0.1, -0.05) is 30.3 Å². The van der Waals surface area contributed by atoms with Crippen molar-refractivity contribution < 1.29 is 4.74 Å². The summed E-state index contributed by atoms with van der Waals surface area (Å²) >= 11 is 0. The average Bonchev–Trinajstić information content (AvgIpc) is 2.39. The number of benzene rings is 1. The maximum absolute atomic E-state index is 5.09. The van der Waals surface area contributed by atoms with Crippen LogP contribution >= 0.6 is 0 Å². The molecule has 0 N–H and O–H groups in total. The third-order valence-corrected chi connectivity index (χ3v) is 3.72. The van der Waals surface area contributed by atoms with E-state index < -0.39 is 0 Å². The Morgan fingerprint density at radius 3 is 2.50 bits per heavy atom. The van der Waals surface area contributed by atoms with E-state index in [2.05, 4.69) is 40.3 Å². The molecule has 0 spiro atoms. The van der Waals surface area contributed by atoms with Crippen LogP contribution in [0.5, 0.6) is 6.01 Å². The van der Waals surface area contributed by atoms with Gasteiger partial charge in [-0.05, 0) is 30.4 Å². The molecule has 2 aromatic rings. The van der Waals surface area contributed by atoms with Gasteiger partial charge in [0.1, 0.15) is 0 Å². The monoisotopic (exact) mass is 240 g/mol. The summed E-state index contributed by atoms with van der Waals surface area (Å²) in [4.78, 5) is 8.52. The van der Waals surface area contributed by atoms with Gasteiger partial charge in [-0.15, -0.1) is 0 Å². The standard InChI is InChI=1S/C15H16N2O/c1-18-15-16-10-9-14(17-15)13-8-7-12(13)11-5-3-2-4-6-11/h2-6,9-10,12-13H,7-8H2,1H3/t12-,13-/m1/s1. The molecule has 1 aromatic heterocycles. The number of rotatable bonds is 3. The third-order valence-electron chi connectivity index (χ3n) is 3.72. The van der Waals surface area contributed by atoms with Crippen LogP contribution in [0, 0.1) is 0 Å². The van der Waals surface area contributed by atoms with Crippen molar-refractivity contribution in [2.45, 2.75) is 24.7 Å². The fourth-order valence-electron chi connectivity index (χ4n) is 2.61. The molecule has 2 atom stereocenters. The molecule has 0 saturated heterocycles. The number of aromatic nitrogens is 2. The highest BCUT2D eigenvalue weighted by molar-refractivity contribution is 5.28. The van der Waals surface area contributed by atoms with E-state index in [0.29, 0.717) is 17.8 Å².